The van der Waals surface area contributed by atoms with Gasteiger partial charge in [0.05, 0.1) is 11.8 Å². The van der Waals surface area contributed by atoms with Gasteiger partial charge in [-0.1, -0.05) is 36.8 Å². The van der Waals surface area contributed by atoms with Crippen LogP contribution in [0, 0.1) is 6.92 Å². The predicted molar refractivity (Wildman–Crippen MR) is 103 cm³/mol. The van der Waals surface area contributed by atoms with Crippen LogP contribution >= 0.6 is 0 Å². The first-order valence-corrected chi connectivity index (χ1v) is 8.94. The molecule has 1 atom stereocenters. The van der Waals surface area contributed by atoms with E-state index in [1.165, 1.54) is 5.56 Å². The second-order valence-corrected chi connectivity index (χ2v) is 6.55. The van der Waals surface area contributed by atoms with E-state index in [0.29, 0.717) is 17.8 Å². The van der Waals surface area contributed by atoms with Crippen molar-refractivity contribution in [3.8, 4) is 16.8 Å². The van der Waals surface area contributed by atoms with Crippen LogP contribution in [-0.4, -0.2) is 43.9 Å². The summed E-state index contributed by atoms with van der Waals surface area (Å²) in [6.07, 6.45) is 0.0607. The molecule has 0 bridgehead atoms. The molecular weight excluding hydrogens is 342 g/mol. The number of amides is 1. The Morgan fingerprint density at radius 2 is 1.93 bits per heavy atom. The van der Waals surface area contributed by atoms with Crippen molar-refractivity contribution in [2.45, 2.75) is 33.3 Å². The van der Waals surface area contributed by atoms with E-state index >= 15 is 0 Å². The first-order chi connectivity index (χ1) is 13.0. The molecule has 2 aromatic carbocycles. The molecule has 1 aromatic heterocycles. The van der Waals surface area contributed by atoms with Gasteiger partial charge < -0.3 is 10.4 Å². The fourth-order valence-electron chi connectivity index (χ4n) is 2.75. The van der Waals surface area contributed by atoms with Crippen molar-refractivity contribution in [1.29, 1.82) is 0 Å². The number of hydrogen-bond acceptors (Lipinski definition) is 5. The summed E-state index contributed by atoms with van der Waals surface area (Å²) in [5, 5.41) is 24.0. The van der Waals surface area contributed by atoms with Crippen LogP contribution in [-0.2, 0) is 6.42 Å². The number of benzene rings is 2. The Morgan fingerprint density at radius 3 is 2.59 bits per heavy atom. The van der Waals surface area contributed by atoms with Crippen molar-refractivity contribution in [1.82, 2.24) is 25.5 Å². The summed E-state index contributed by atoms with van der Waals surface area (Å²) in [5.41, 5.74) is 4.27. The number of aliphatic hydroxyl groups excluding tert-OH is 1. The second-order valence-electron chi connectivity index (χ2n) is 6.55. The Hall–Kier alpha value is -3.06. The van der Waals surface area contributed by atoms with Crippen LogP contribution in [0.15, 0.2) is 42.5 Å². The van der Waals surface area contributed by atoms with E-state index in [9.17, 15) is 9.90 Å². The normalized spacial score (nSPS) is 12.0. The summed E-state index contributed by atoms with van der Waals surface area (Å²) in [7, 11) is 0. The van der Waals surface area contributed by atoms with Crippen molar-refractivity contribution >= 4 is 5.91 Å². The fourth-order valence-corrected chi connectivity index (χ4v) is 2.75. The largest absolute Gasteiger partial charge is 0.392 e. The van der Waals surface area contributed by atoms with Crippen molar-refractivity contribution in [3.05, 3.63) is 59.4 Å². The van der Waals surface area contributed by atoms with Crippen LogP contribution in [0.4, 0.5) is 0 Å². The van der Waals surface area contributed by atoms with Crippen molar-refractivity contribution in [2.75, 3.05) is 6.54 Å². The number of nitrogens with one attached hydrogen (secondary N) is 1. The number of carbonyl (C=O) groups excluding carboxylic acids is 1. The number of tetrazole rings is 1. The summed E-state index contributed by atoms with van der Waals surface area (Å²) in [6.45, 7) is 5.82. The van der Waals surface area contributed by atoms with Gasteiger partial charge in [0.25, 0.3) is 5.91 Å². The topological polar surface area (TPSA) is 92.9 Å². The highest BCUT2D eigenvalue weighted by Gasteiger charge is 2.14. The molecule has 3 rings (SSSR count). The lowest BCUT2D eigenvalue weighted by Crippen LogP contribution is -2.30. The molecule has 0 aliphatic carbocycles. The van der Waals surface area contributed by atoms with Gasteiger partial charge in [0, 0.05) is 18.5 Å². The number of aromatic nitrogens is 4. The van der Waals surface area contributed by atoms with Crippen LogP contribution in [0.2, 0.25) is 0 Å². The summed E-state index contributed by atoms with van der Waals surface area (Å²) in [4.78, 5) is 12.6. The smallest absolute Gasteiger partial charge is 0.251 e. The highest BCUT2D eigenvalue weighted by atomic mass is 16.3. The number of rotatable bonds is 6. The van der Waals surface area contributed by atoms with Gasteiger partial charge in [0.1, 0.15) is 0 Å². The first-order valence-electron chi connectivity index (χ1n) is 8.94. The van der Waals surface area contributed by atoms with Gasteiger partial charge in [-0.05, 0) is 53.6 Å². The van der Waals surface area contributed by atoms with E-state index < -0.39 is 6.10 Å². The maximum atomic E-state index is 12.6. The third-order valence-corrected chi connectivity index (χ3v) is 4.22. The lowest BCUT2D eigenvalue weighted by molar-refractivity contribution is 0.0924. The Morgan fingerprint density at radius 1 is 1.19 bits per heavy atom. The molecule has 1 heterocycles. The molecule has 0 fully saturated rings. The molecule has 0 radical (unpaired) electrons. The molecule has 0 aliphatic rings. The van der Waals surface area contributed by atoms with Crippen LogP contribution in [0.5, 0.6) is 0 Å². The molecule has 2 N–H and O–H groups in total. The van der Waals surface area contributed by atoms with E-state index in [1.54, 1.807) is 17.7 Å². The first kappa shape index (κ1) is 18.7. The molecule has 1 amide bonds. The highest BCUT2D eigenvalue weighted by Crippen LogP contribution is 2.25. The molecule has 0 spiro atoms. The average Bonchev–Trinajstić information content (AvgIpc) is 3.15. The van der Waals surface area contributed by atoms with E-state index in [-0.39, 0.29) is 12.5 Å². The SMILES string of the molecule is CCc1nnnn1-c1cc(C(=O)NCC(C)O)cc(-c2ccc(C)cc2)c1. The molecule has 1 unspecified atom stereocenters. The number of nitrogens with zero attached hydrogens (tertiary/aromatic N) is 4. The van der Waals surface area contributed by atoms with Crippen LogP contribution in [0.25, 0.3) is 16.8 Å². The Kier molecular flexibility index (Phi) is 5.61. The Bertz CT molecular complexity index is 932. The van der Waals surface area contributed by atoms with Gasteiger partial charge in [0.15, 0.2) is 5.82 Å². The average molecular weight is 365 g/mol. The maximum Gasteiger partial charge on any atom is 0.251 e. The fraction of sp³-hybridized carbons (Fsp3) is 0.300. The molecule has 3 aromatic rings. The highest BCUT2D eigenvalue weighted by molar-refractivity contribution is 5.96. The lowest BCUT2D eigenvalue weighted by Gasteiger charge is -2.12. The quantitative estimate of drug-likeness (QED) is 0.699. The third-order valence-electron chi connectivity index (χ3n) is 4.22. The van der Waals surface area contributed by atoms with Gasteiger partial charge in [-0.3, -0.25) is 4.79 Å². The van der Waals surface area contributed by atoms with E-state index in [0.717, 1.165) is 16.8 Å². The minimum Gasteiger partial charge on any atom is -0.392 e. The van der Waals surface area contributed by atoms with Crippen molar-refractivity contribution in [3.63, 3.8) is 0 Å². The molecule has 0 aliphatic heterocycles. The number of carbonyl (C=O) groups is 1. The summed E-state index contributed by atoms with van der Waals surface area (Å²) in [6, 6.07) is 13.7. The monoisotopic (exact) mass is 365 g/mol. The summed E-state index contributed by atoms with van der Waals surface area (Å²) in [5.74, 6) is 0.462. The summed E-state index contributed by atoms with van der Waals surface area (Å²) >= 11 is 0. The van der Waals surface area contributed by atoms with Gasteiger partial charge in [-0.25, -0.2) is 0 Å². The minimum atomic E-state index is -0.611. The number of aliphatic hydroxyl groups is 1. The maximum absolute atomic E-state index is 12.6. The third kappa shape index (κ3) is 4.38. The molecule has 140 valence electrons. The standard InChI is InChI=1S/C20H23N5O2/c1-4-19-22-23-24-25(19)18-10-16(15-7-5-13(2)6-8-15)9-17(11-18)20(27)21-12-14(3)26/h5-11,14,26H,4,12H2,1-3H3,(H,21,27). The van der Waals surface area contributed by atoms with Crippen LogP contribution in [0.1, 0.15) is 35.6 Å². The molecule has 27 heavy (non-hydrogen) atoms. The molecule has 0 saturated carbocycles. The van der Waals surface area contributed by atoms with Gasteiger partial charge in [-0.2, -0.15) is 4.68 Å². The van der Waals surface area contributed by atoms with Crippen molar-refractivity contribution in [2.24, 2.45) is 0 Å². The molecule has 0 saturated heterocycles. The molecular formula is C20H23N5O2. The van der Waals surface area contributed by atoms with Crippen LogP contribution < -0.4 is 5.32 Å². The minimum absolute atomic E-state index is 0.189. The predicted octanol–water partition coefficient (Wildman–Crippen LogP) is 2.31. The van der Waals surface area contributed by atoms with Gasteiger partial charge in [0.2, 0.25) is 0 Å². The summed E-state index contributed by atoms with van der Waals surface area (Å²) < 4.78 is 1.64. The molecule has 7 nitrogen and oxygen atoms in total. The second kappa shape index (κ2) is 8.09. The zero-order valence-corrected chi connectivity index (χ0v) is 15.7. The van der Waals surface area contributed by atoms with E-state index in [4.69, 9.17) is 0 Å². The Labute approximate surface area is 158 Å². The zero-order chi connectivity index (χ0) is 19.4. The Balaban J connectivity index is 2.07. The molecule has 7 heteroatoms. The lowest BCUT2D eigenvalue weighted by atomic mass is 10.0. The van der Waals surface area contributed by atoms with Gasteiger partial charge >= 0.3 is 0 Å². The van der Waals surface area contributed by atoms with E-state index in [1.807, 2.05) is 50.2 Å². The van der Waals surface area contributed by atoms with Crippen LogP contribution in [0.3, 0.4) is 0 Å². The number of aryl methyl sites for hydroxylation is 2. The van der Waals surface area contributed by atoms with Crippen molar-refractivity contribution < 1.29 is 9.90 Å². The van der Waals surface area contributed by atoms with Gasteiger partial charge in [-0.15, -0.1) is 5.10 Å². The van der Waals surface area contributed by atoms with E-state index in [2.05, 4.69) is 20.8 Å². The zero-order valence-electron chi connectivity index (χ0n) is 15.7. The number of hydrogen-bond donors (Lipinski definition) is 2.